The molecule has 0 radical (unpaired) electrons. The van der Waals surface area contributed by atoms with Crippen molar-refractivity contribution in [2.75, 3.05) is 0 Å². The molecule has 0 aromatic heterocycles. The topological polar surface area (TPSA) is 12.0 Å². The Labute approximate surface area is 86.6 Å². The molecule has 1 heterocycles. The molecule has 0 saturated carbocycles. The maximum Gasteiger partial charge on any atom is 0.0568 e. The first-order chi connectivity index (χ1) is 6.44. The molecular formula is C13H19N. The molecular weight excluding hydrogens is 170 g/mol. The van der Waals surface area contributed by atoms with Crippen molar-refractivity contribution in [2.24, 2.45) is 10.8 Å². The lowest BCUT2D eigenvalue weighted by Crippen LogP contribution is -2.37. The van der Waals surface area contributed by atoms with Gasteiger partial charge in [0.1, 0.15) is 0 Å². The molecule has 2 aliphatic rings. The molecule has 0 aromatic rings. The van der Waals surface area contributed by atoms with E-state index in [-0.39, 0.29) is 10.8 Å². The first-order valence-electron chi connectivity index (χ1n) is 5.28. The maximum absolute atomic E-state index is 3.46. The third kappa shape index (κ3) is 1.23. The second-order valence-electron chi connectivity index (χ2n) is 5.48. The largest absolute Gasteiger partial charge is 0.383 e. The fraction of sp³-hybridized carbons (Fsp3) is 0.538. The highest BCUT2D eigenvalue weighted by Crippen LogP contribution is 2.47. The van der Waals surface area contributed by atoms with Gasteiger partial charge in [-0.2, -0.15) is 0 Å². The number of fused-ring (bicyclic) bond motifs is 1. The summed E-state index contributed by atoms with van der Waals surface area (Å²) >= 11 is 0. The summed E-state index contributed by atoms with van der Waals surface area (Å²) < 4.78 is 0. The zero-order valence-electron chi connectivity index (χ0n) is 9.46. The van der Waals surface area contributed by atoms with Crippen LogP contribution in [0.5, 0.6) is 0 Å². The van der Waals surface area contributed by atoms with E-state index in [1.807, 2.05) is 0 Å². The second kappa shape index (κ2) is 2.75. The summed E-state index contributed by atoms with van der Waals surface area (Å²) in [5.74, 6) is 0. The minimum Gasteiger partial charge on any atom is -0.383 e. The Morgan fingerprint density at radius 2 is 2.00 bits per heavy atom. The first-order valence-corrected chi connectivity index (χ1v) is 5.28. The summed E-state index contributed by atoms with van der Waals surface area (Å²) in [4.78, 5) is 0. The van der Waals surface area contributed by atoms with Gasteiger partial charge in [-0.1, -0.05) is 45.1 Å². The van der Waals surface area contributed by atoms with Crippen LogP contribution in [0.15, 0.2) is 36.1 Å². The van der Waals surface area contributed by atoms with Crippen molar-refractivity contribution in [3.63, 3.8) is 0 Å². The van der Waals surface area contributed by atoms with Crippen LogP contribution in [0.2, 0.25) is 0 Å². The SMILES string of the molecule is CC(C)(C)C1=CNC2C=CC=CC12C. The number of nitrogens with one attached hydrogen (secondary N) is 1. The van der Waals surface area contributed by atoms with Crippen LogP contribution in [0, 0.1) is 10.8 Å². The van der Waals surface area contributed by atoms with E-state index >= 15 is 0 Å². The Kier molecular flexibility index (Phi) is 1.88. The van der Waals surface area contributed by atoms with Gasteiger partial charge in [-0.15, -0.1) is 0 Å². The first kappa shape index (κ1) is 9.57. The molecule has 0 spiro atoms. The molecule has 2 rings (SSSR count). The molecule has 0 fully saturated rings. The molecule has 0 aromatic carbocycles. The number of hydrogen-bond donors (Lipinski definition) is 1. The van der Waals surface area contributed by atoms with Gasteiger partial charge in [0.05, 0.1) is 6.04 Å². The quantitative estimate of drug-likeness (QED) is 0.617. The molecule has 1 aliphatic heterocycles. The standard InChI is InChI=1S/C13H19N/c1-12(2,3)10-9-14-11-7-5-6-8-13(10,11)4/h5-9,11,14H,1-4H3. The average Bonchev–Trinajstić information content (AvgIpc) is 2.40. The molecule has 2 unspecified atom stereocenters. The third-order valence-electron chi connectivity index (χ3n) is 3.30. The van der Waals surface area contributed by atoms with E-state index in [0.717, 1.165) is 0 Å². The van der Waals surface area contributed by atoms with E-state index in [0.29, 0.717) is 6.04 Å². The molecule has 76 valence electrons. The van der Waals surface area contributed by atoms with Gasteiger partial charge >= 0.3 is 0 Å². The molecule has 1 heteroatoms. The van der Waals surface area contributed by atoms with Crippen molar-refractivity contribution >= 4 is 0 Å². The van der Waals surface area contributed by atoms with Gasteiger partial charge in [0.2, 0.25) is 0 Å². The fourth-order valence-electron chi connectivity index (χ4n) is 2.57. The van der Waals surface area contributed by atoms with E-state index < -0.39 is 0 Å². The van der Waals surface area contributed by atoms with Crippen LogP contribution in [-0.4, -0.2) is 6.04 Å². The Balaban J connectivity index is 2.39. The van der Waals surface area contributed by atoms with Crippen LogP contribution in [-0.2, 0) is 0 Å². The van der Waals surface area contributed by atoms with Gasteiger partial charge in [-0.3, -0.25) is 0 Å². The summed E-state index contributed by atoms with van der Waals surface area (Å²) in [6.07, 6.45) is 11.0. The molecule has 1 nitrogen and oxygen atoms in total. The van der Waals surface area contributed by atoms with Crippen molar-refractivity contribution in [3.05, 3.63) is 36.1 Å². The Morgan fingerprint density at radius 3 is 2.64 bits per heavy atom. The predicted octanol–water partition coefficient (Wildman–Crippen LogP) is 3.02. The third-order valence-corrected chi connectivity index (χ3v) is 3.30. The van der Waals surface area contributed by atoms with Gasteiger partial charge in [0, 0.05) is 5.41 Å². The van der Waals surface area contributed by atoms with Gasteiger partial charge < -0.3 is 5.32 Å². The Bertz CT molecular complexity index is 328. The van der Waals surface area contributed by atoms with Crippen molar-refractivity contribution < 1.29 is 0 Å². The summed E-state index contributed by atoms with van der Waals surface area (Å²) in [5, 5.41) is 3.46. The van der Waals surface area contributed by atoms with E-state index in [1.165, 1.54) is 5.57 Å². The summed E-state index contributed by atoms with van der Waals surface area (Å²) in [6, 6.07) is 0.446. The van der Waals surface area contributed by atoms with Crippen LogP contribution in [0.4, 0.5) is 0 Å². The maximum atomic E-state index is 3.46. The van der Waals surface area contributed by atoms with Crippen LogP contribution in [0.25, 0.3) is 0 Å². The van der Waals surface area contributed by atoms with Crippen molar-refractivity contribution in [2.45, 2.75) is 33.7 Å². The van der Waals surface area contributed by atoms with Gasteiger partial charge in [0.25, 0.3) is 0 Å². The Morgan fingerprint density at radius 1 is 1.29 bits per heavy atom. The van der Waals surface area contributed by atoms with Crippen molar-refractivity contribution in [3.8, 4) is 0 Å². The highest BCUT2D eigenvalue weighted by atomic mass is 14.9. The van der Waals surface area contributed by atoms with Crippen LogP contribution in [0.1, 0.15) is 27.7 Å². The van der Waals surface area contributed by atoms with Gasteiger partial charge in [0.15, 0.2) is 0 Å². The minimum atomic E-state index is 0.174. The average molecular weight is 189 g/mol. The van der Waals surface area contributed by atoms with Gasteiger partial charge in [-0.05, 0) is 24.1 Å². The minimum absolute atomic E-state index is 0.174. The lowest BCUT2D eigenvalue weighted by atomic mass is 9.67. The van der Waals surface area contributed by atoms with E-state index in [4.69, 9.17) is 0 Å². The van der Waals surface area contributed by atoms with Crippen molar-refractivity contribution in [1.82, 2.24) is 5.32 Å². The van der Waals surface area contributed by atoms with E-state index in [9.17, 15) is 0 Å². The Hall–Kier alpha value is -0.980. The highest BCUT2D eigenvalue weighted by molar-refractivity contribution is 5.39. The zero-order valence-corrected chi connectivity index (χ0v) is 9.46. The lowest BCUT2D eigenvalue weighted by molar-refractivity contribution is 0.358. The van der Waals surface area contributed by atoms with Crippen molar-refractivity contribution in [1.29, 1.82) is 0 Å². The predicted molar refractivity (Wildman–Crippen MR) is 60.8 cm³/mol. The highest BCUT2D eigenvalue weighted by Gasteiger charge is 2.43. The molecule has 1 N–H and O–H groups in total. The molecule has 1 aliphatic carbocycles. The normalized spacial score (nSPS) is 35.1. The van der Waals surface area contributed by atoms with Crippen LogP contribution >= 0.6 is 0 Å². The summed E-state index contributed by atoms with van der Waals surface area (Å²) in [5.41, 5.74) is 1.91. The molecule has 0 amide bonds. The van der Waals surface area contributed by atoms with E-state index in [2.05, 4.69) is 63.5 Å². The number of rotatable bonds is 0. The fourth-order valence-corrected chi connectivity index (χ4v) is 2.57. The van der Waals surface area contributed by atoms with Crippen LogP contribution in [0.3, 0.4) is 0 Å². The lowest BCUT2D eigenvalue weighted by Gasteiger charge is -2.37. The van der Waals surface area contributed by atoms with Crippen LogP contribution < -0.4 is 5.32 Å². The number of allylic oxidation sites excluding steroid dienone is 2. The zero-order chi connectivity index (χ0) is 10.4. The molecule has 2 atom stereocenters. The summed E-state index contributed by atoms with van der Waals surface area (Å²) in [6.45, 7) is 9.15. The summed E-state index contributed by atoms with van der Waals surface area (Å²) in [7, 11) is 0. The van der Waals surface area contributed by atoms with E-state index in [1.54, 1.807) is 0 Å². The molecule has 14 heavy (non-hydrogen) atoms. The monoisotopic (exact) mass is 189 g/mol. The van der Waals surface area contributed by atoms with Gasteiger partial charge in [-0.25, -0.2) is 0 Å². The smallest absolute Gasteiger partial charge is 0.0568 e. The second-order valence-corrected chi connectivity index (χ2v) is 5.48. The molecule has 0 saturated heterocycles. The molecule has 0 bridgehead atoms. The number of hydrogen-bond acceptors (Lipinski definition) is 1.